The van der Waals surface area contributed by atoms with Gasteiger partial charge in [0.2, 0.25) is 5.91 Å². The summed E-state index contributed by atoms with van der Waals surface area (Å²) in [6.45, 7) is 0. The second-order valence-corrected chi connectivity index (χ2v) is 7.71. The maximum Gasteiger partial charge on any atom is 0.253 e. The minimum Gasteiger partial charge on any atom is -0.355 e. The van der Waals surface area contributed by atoms with Crippen LogP contribution in [0.15, 0.2) is 24.3 Å². The molecule has 0 aromatic heterocycles. The van der Waals surface area contributed by atoms with Crippen molar-refractivity contribution in [2.75, 3.05) is 23.9 Å². The monoisotopic (exact) mass is 324 g/mol. The van der Waals surface area contributed by atoms with Crippen molar-refractivity contribution < 1.29 is 18.0 Å². The molecule has 1 aliphatic rings. The molecular formula is C15H20N2O4S. The molecule has 1 aliphatic heterocycles. The number of para-hydroxylation sites is 1. The van der Waals surface area contributed by atoms with Gasteiger partial charge in [0.05, 0.1) is 22.8 Å². The molecule has 22 heavy (non-hydrogen) atoms. The maximum absolute atomic E-state index is 12.0. The van der Waals surface area contributed by atoms with E-state index in [9.17, 15) is 18.0 Å². The summed E-state index contributed by atoms with van der Waals surface area (Å²) >= 11 is 0. The standard InChI is InChI=1S/C15H20N2O4S/c1-16-15(19)12-4-2-3-5-13(12)17-14(18)7-6-11-8-9-22(20,21)10-11/h2-5,11H,6-10H2,1H3,(H,16,19)(H,17,18). The van der Waals surface area contributed by atoms with Gasteiger partial charge < -0.3 is 10.6 Å². The summed E-state index contributed by atoms with van der Waals surface area (Å²) in [7, 11) is -1.38. The lowest BCUT2D eigenvalue weighted by Gasteiger charge is -2.11. The average molecular weight is 324 g/mol. The molecule has 2 N–H and O–H groups in total. The van der Waals surface area contributed by atoms with Crippen LogP contribution in [0, 0.1) is 5.92 Å². The van der Waals surface area contributed by atoms with E-state index >= 15 is 0 Å². The Morgan fingerprint density at radius 1 is 1.27 bits per heavy atom. The number of hydrogen-bond acceptors (Lipinski definition) is 4. The smallest absolute Gasteiger partial charge is 0.253 e. The van der Waals surface area contributed by atoms with Crippen molar-refractivity contribution in [1.82, 2.24) is 5.32 Å². The topological polar surface area (TPSA) is 92.3 Å². The summed E-state index contributed by atoms with van der Waals surface area (Å²) in [5, 5.41) is 5.24. The number of benzene rings is 1. The molecule has 6 nitrogen and oxygen atoms in total. The molecule has 0 bridgehead atoms. The van der Waals surface area contributed by atoms with E-state index in [4.69, 9.17) is 0 Å². The number of hydrogen-bond donors (Lipinski definition) is 2. The molecule has 1 saturated heterocycles. The minimum atomic E-state index is -2.91. The molecule has 2 rings (SSSR count). The van der Waals surface area contributed by atoms with Gasteiger partial charge in [0, 0.05) is 13.5 Å². The van der Waals surface area contributed by atoms with Gasteiger partial charge in [-0.05, 0) is 30.9 Å². The summed E-state index contributed by atoms with van der Waals surface area (Å²) in [6, 6.07) is 6.77. The van der Waals surface area contributed by atoms with Crippen molar-refractivity contribution in [3.63, 3.8) is 0 Å². The summed E-state index contributed by atoms with van der Waals surface area (Å²) in [6.07, 6.45) is 1.43. The first-order chi connectivity index (χ1) is 10.4. The SMILES string of the molecule is CNC(=O)c1ccccc1NC(=O)CCC1CCS(=O)(=O)C1. The normalized spacial score (nSPS) is 19.6. The van der Waals surface area contributed by atoms with E-state index in [2.05, 4.69) is 10.6 Å². The highest BCUT2D eigenvalue weighted by Crippen LogP contribution is 2.23. The van der Waals surface area contributed by atoms with Gasteiger partial charge >= 0.3 is 0 Å². The van der Waals surface area contributed by atoms with Crippen molar-refractivity contribution in [3.05, 3.63) is 29.8 Å². The van der Waals surface area contributed by atoms with Crippen molar-refractivity contribution in [2.45, 2.75) is 19.3 Å². The number of carbonyl (C=O) groups is 2. The van der Waals surface area contributed by atoms with Gasteiger partial charge in [0.25, 0.3) is 5.91 Å². The minimum absolute atomic E-state index is 0.0601. The van der Waals surface area contributed by atoms with Gasteiger partial charge in [0.1, 0.15) is 0 Å². The number of anilines is 1. The van der Waals surface area contributed by atoms with Gasteiger partial charge in [-0.1, -0.05) is 12.1 Å². The number of nitrogens with one attached hydrogen (secondary N) is 2. The first-order valence-corrected chi connectivity index (χ1v) is 9.05. The van der Waals surface area contributed by atoms with Crippen LogP contribution < -0.4 is 10.6 Å². The molecule has 1 heterocycles. The maximum atomic E-state index is 12.0. The molecule has 2 amide bonds. The van der Waals surface area contributed by atoms with E-state index in [1.165, 1.54) is 7.05 Å². The van der Waals surface area contributed by atoms with Crippen LogP contribution in [0.3, 0.4) is 0 Å². The van der Waals surface area contributed by atoms with E-state index in [1.54, 1.807) is 24.3 Å². The van der Waals surface area contributed by atoms with Crippen LogP contribution in [0.4, 0.5) is 5.69 Å². The van der Waals surface area contributed by atoms with Crippen LogP contribution in [0.1, 0.15) is 29.6 Å². The zero-order valence-corrected chi connectivity index (χ0v) is 13.3. The second kappa shape index (κ2) is 6.91. The van der Waals surface area contributed by atoms with Crippen LogP contribution >= 0.6 is 0 Å². The first-order valence-electron chi connectivity index (χ1n) is 7.22. The van der Waals surface area contributed by atoms with Gasteiger partial charge in [-0.25, -0.2) is 8.42 Å². The molecule has 0 radical (unpaired) electrons. The number of carbonyl (C=O) groups excluding carboxylic acids is 2. The Morgan fingerprint density at radius 3 is 2.64 bits per heavy atom. The summed E-state index contributed by atoms with van der Waals surface area (Å²) in [4.78, 5) is 23.7. The second-order valence-electron chi connectivity index (χ2n) is 5.48. The molecule has 1 atom stereocenters. The third-order valence-electron chi connectivity index (χ3n) is 3.78. The van der Waals surface area contributed by atoms with E-state index in [0.29, 0.717) is 24.1 Å². The Morgan fingerprint density at radius 2 is 2.00 bits per heavy atom. The quantitative estimate of drug-likeness (QED) is 0.851. The number of rotatable bonds is 5. The lowest BCUT2D eigenvalue weighted by Crippen LogP contribution is -2.21. The molecule has 1 aromatic carbocycles. The van der Waals surface area contributed by atoms with Crippen molar-refractivity contribution in [1.29, 1.82) is 0 Å². The highest BCUT2D eigenvalue weighted by Gasteiger charge is 2.28. The zero-order chi connectivity index (χ0) is 16.2. The Balaban J connectivity index is 1.91. The van der Waals surface area contributed by atoms with Crippen molar-refractivity contribution >= 4 is 27.3 Å². The van der Waals surface area contributed by atoms with Crippen molar-refractivity contribution in [2.24, 2.45) is 5.92 Å². The van der Waals surface area contributed by atoms with E-state index in [-0.39, 0.29) is 35.7 Å². The zero-order valence-electron chi connectivity index (χ0n) is 12.5. The fourth-order valence-corrected chi connectivity index (χ4v) is 4.48. The van der Waals surface area contributed by atoms with Gasteiger partial charge in [-0.15, -0.1) is 0 Å². The fraction of sp³-hybridized carbons (Fsp3) is 0.467. The average Bonchev–Trinajstić information content (AvgIpc) is 2.84. The molecule has 120 valence electrons. The summed E-state index contributed by atoms with van der Waals surface area (Å²) in [5.41, 5.74) is 0.868. The van der Waals surface area contributed by atoms with Crippen LogP contribution in [0.2, 0.25) is 0 Å². The van der Waals surface area contributed by atoms with Gasteiger partial charge in [0.15, 0.2) is 9.84 Å². The number of amides is 2. The third kappa shape index (κ3) is 4.30. The van der Waals surface area contributed by atoms with Crippen LogP contribution in [-0.4, -0.2) is 38.8 Å². The largest absolute Gasteiger partial charge is 0.355 e. The predicted molar refractivity (Wildman–Crippen MR) is 84.5 cm³/mol. The predicted octanol–water partition coefficient (Wildman–Crippen LogP) is 1.20. The van der Waals surface area contributed by atoms with Crippen molar-refractivity contribution in [3.8, 4) is 0 Å². The Kier molecular flexibility index (Phi) is 5.18. The fourth-order valence-electron chi connectivity index (χ4n) is 2.57. The van der Waals surface area contributed by atoms with Gasteiger partial charge in [-0.3, -0.25) is 9.59 Å². The van der Waals surface area contributed by atoms with Crippen LogP contribution in [-0.2, 0) is 14.6 Å². The number of sulfone groups is 1. The van der Waals surface area contributed by atoms with Crippen LogP contribution in [0.25, 0.3) is 0 Å². The summed E-state index contributed by atoms with van der Waals surface area (Å²) < 4.78 is 22.8. The Bertz CT molecular complexity index is 670. The highest BCUT2D eigenvalue weighted by molar-refractivity contribution is 7.91. The lowest BCUT2D eigenvalue weighted by molar-refractivity contribution is -0.116. The molecule has 7 heteroatoms. The highest BCUT2D eigenvalue weighted by atomic mass is 32.2. The first kappa shape index (κ1) is 16.5. The van der Waals surface area contributed by atoms with Crippen LogP contribution in [0.5, 0.6) is 0 Å². The van der Waals surface area contributed by atoms with E-state index in [1.807, 2.05) is 0 Å². The third-order valence-corrected chi connectivity index (χ3v) is 5.62. The van der Waals surface area contributed by atoms with E-state index < -0.39 is 9.84 Å². The summed E-state index contributed by atoms with van der Waals surface area (Å²) in [5.74, 6) is -0.0168. The molecule has 1 aromatic rings. The molecule has 1 unspecified atom stereocenters. The molecule has 0 saturated carbocycles. The lowest BCUT2D eigenvalue weighted by atomic mass is 10.0. The molecule has 0 aliphatic carbocycles. The van der Waals surface area contributed by atoms with E-state index in [0.717, 1.165) is 0 Å². The Hall–Kier alpha value is -1.89. The molecule has 0 spiro atoms. The molecule has 1 fully saturated rings. The Labute approximate surface area is 130 Å². The van der Waals surface area contributed by atoms with Gasteiger partial charge in [-0.2, -0.15) is 0 Å². The molecular weight excluding hydrogens is 304 g/mol.